The van der Waals surface area contributed by atoms with Crippen LogP contribution in [0.15, 0.2) is 28.9 Å². The summed E-state index contributed by atoms with van der Waals surface area (Å²) in [6.07, 6.45) is 1.35. The summed E-state index contributed by atoms with van der Waals surface area (Å²) in [5.41, 5.74) is 5.71. The van der Waals surface area contributed by atoms with Gasteiger partial charge in [0.2, 0.25) is 0 Å². The van der Waals surface area contributed by atoms with Crippen LogP contribution < -0.4 is 5.73 Å². The quantitative estimate of drug-likeness (QED) is 0.719. The Labute approximate surface area is 73.2 Å². The van der Waals surface area contributed by atoms with Gasteiger partial charge in [0.25, 0.3) is 0 Å². The van der Waals surface area contributed by atoms with Gasteiger partial charge in [0, 0.05) is 18.3 Å². The van der Waals surface area contributed by atoms with Crippen molar-refractivity contribution in [3.63, 3.8) is 0 Å². The Bertz CT molecular complexity index is 427. The molecule has 0 radical (unpaired) electrons. The highest BCUT2D eigenvalue weighted by atomic mass is 19.1. The van der Waals surface area contributed by atoms with Crippen LogP contribution in [0, 0.1) is 5.82 Å². The maximum Gasteiger partial charge on any atom is 0.187 e. The normalized spacial score (nSPS) is 10.2. The second-order valence-corrected chi connectivity index (χ2v) is 2.48. The van der Waals surface area contributed by atoms with Gasteiger partial charge in [-0.25, -0.2) is 4.39 Å². The van der Waals surface area contributed by atoms with Crippen LogP contribution in [0.25, 0.3) is 11.5 Å². The second kappa shape index (κ2) is 2.85. The number of hydrogen-bond donors (Lipinski definition) is 1. The first-order chi connectivity index (χ1) is 6.25. The SMILES string of the molecule is Nc1cc(-c2cc(F)ccn2)on1. The predicted molar refractivity (Wildman–Crippen MR) is 44.1 cm³/mol. The molecule has 0 saturated carbocycles. The predicted octanol–water partition coefficient (Wildman–Crippen LogP) is 1.46. The molecule has 0 atom stereocenters. The average Bonchev–Trinajstić information content (AvgIpc) is 2.52. The Balaban J connectivity index is 2.46. The molecule has 0 unspecified atom stereocenters. The fourth-order valence-corrected chi connectivity index (χ4v) is 0.949. The van der Waals surface area contributed by atoms with Crippen LogP contribution in [0.5, 0.6) is 0 Å². The monoisotopic (exact) mass is 179 g/mol. The first-order valence-corrected chi connectivity index (χ1v) is 3.60. The molecule has 0 aliphatic rings. The van der Waals surface area contributed by atoms with Gasteiger partial charge in [-0.1, -0.05) is 5.16 Å². The number of pyridine rings is 1. The van der Waals surface area contributed by atoms with Gasteiger partial charge in [-0.05, 0) is 6.07 Å². The van der Waals surface area contributed by atoms with Crippen LogP contribution in [0.1, 0.15) is 0 Å². The Hall–Kier alpha value is -1.91. The van der Waals surface area contributed by atoms with Gasteiger partial charge in [-0.3, -0.25) is 4.98 Å². The summed E-state index contributed by atoms with van der Waals surface area (Å²) in [4.78, 5) is 3.89. The molecule has 66 valence electrons. The number of aromatic nitrogens is 2. The first-order valence-electron chi connectivity index (χ1n) is 3.60. The van der Waals surface area contributed by atoms with Crippen molar-refractivity contribution in [2.45, 2.75) is 0 Å². The van der Waals surface area contributed by atoms with E-state index in [0.29, 0.717) is 11.5 Å². The molecule has 0 aliphatic heterocycles. The van der Waals surface area contributed by atoms with Crippen molar-refractivity contribution in [2.24, 2.45) is 0 Å². The van der Waals surface area contributed by atoms with Gasteiger partial charge >= 0.3 is 0 Å². The largest absolute Gasteiger partial charge is 0.381 e. The molecule has 0 aromatic carbocycles. The second-order valence-electron chi connectivity index (χ2n) is 2.48. The molecule has 0 saturated heterocycles. The van der Waals surface area contributed by atoms with Gasteiger partial charge in [-0.2, -0.15) is 0 Å². The molecule has 2 aromatic heterocycles. The van der Waals surface area contributed by atoms with E-state index in [9.17, 15) is 4.39 Å². The lowest BCUT2D eigenvalue weighted by atomic mass is 10.3. The fraction of sp³-hybridized carbons (Fsp3) is 0. The van der Waals surface area contributed by atoms with Crippen molar-refractivity contribution < 1.29 is 8.91 Å². The number of nitrogens with two attached hydrogens (primary N) is 1. The summed E-state index contributed by atoms with van der Waals surface area (Å²) in [7, 11) is 0. The number of hydrogen-bond acceptors (Lipinski definition) is 4. The summed E-state index contributed by atoms with van der Waals surface area (Å²) < 4.78 is 17.5. The number of anilines is 1. The van der Waals surface area contributed by atoms with Gasteiger partial charge < -0.3 is 10.3 Å². The van der Waals surface area contributed by atoms with Gasteiger partial charge in [0.15, 0.2) is 11.6 Å². The topological polar surface area (TPSA) is 64.9 Å². The van der Waals surface area contributed by atoms with Gasteiger partial charge in [0.05, 0.1) is 0 Å². The maximum absolute atomic E-state index is 12.7. The van der Waals surface area contributed by atoms with E-state index < -0.39 is 0 Å². The molecule has 4 nitrogen and oxygen atoms in total. The molecule has 5 heteroatoms. The molecule has 2 aromatic rings. The van der Waals surface area contributed by atoms with E-state index in [2.05, 4.69) is 10.1 Å². The van der Waals surface area contributed by atoms with E-state index in [1.54, 1.807) is 0 Å². The molecule has 0 amide bonds. The van der Waals surface area contributed by atoms with Crippen molar-refractivity contribution in [1.29, 1.82) is 0 Å². The van der Waals surface area contributed by atoms with Crippen molar-refractivity contribution >= 4 is 5.82 Å². The molecule has 13 heavy (non-hydrogen) atoms. The zero-order chi connectivity index (χ0) is 9.26. The van der Waals surface area contributed by atoms with Crippen molar-refractivity contribution in [3.05, 3.63) is 30.2 Å². The summed E-state index contributed by atoms with van der Waals surface area (Å²) >= 11 is 0. The van der Waals surface area contributed by atoms with Crippen LogP contribution in [0.4, 0.5) is 10.2 Å². The lowest BCUT2D eigenvalue weighted by molar-refractivity contribution is 0.434. The Kier molecular flexibility index (Phi) is 1.70. The van der Waals surface area contributed by atoms with Crippen LogP contribution in [-0.4, -0.2) is 10.1 Å². The molecular formula is C8H6FN3O. The number of rotatable bonds is 1. The smallest absolute Gasteiger partial charge is 0.187 e. The minimum atomic E-state index is -0.375. The highest BCUT2D eigenvalue weighted by Crippen LogP contribution is 2.18. The molecule has 0 spiro atoms. The highest BCUT2D eigenvalue weighted by Gasteiger charge is 2.06. The highest BCUT2D eigenvalue weighted by molar-refractivity contribution is 5.54. The van der Waals surface area contributed by atoms with E-state index in [4.69, 9.17) is 10.3 Å². The zero-order valence-electron chi connectivity index (χ0n) is 6.57. The minimum absolute atomic E-state index is 0.251. The third-order valence-electron chi connectivity index (χ3n) is 1.50. The number of nitrogens with zero attached hydrogens (tertiary/aromatic N) is 2. The lowest BCUT2D eigenvalue weighted by Crippen LogP contribution is -1.82. The van der Waals surface area contributed by atoms with Crippen LogP contribution >= 0.6 is 0 Å². The number of nitrogen functional groups attached to an aromatic ring is 1. The molecule has 0 fully saturated rings. The Morgan fingerprint density at radius 1 is 1.38 bits per heavy atom. The summed E-state index contributed by atoms with van der Waals surface area (Å²) in [6.45, 7) is 0. The first kappa shape index (κ1) is 7.72. The van der Waals surface area contributed by atoms with E-state index in [1.165, 1.54) is 24.4 Å². The molecule has 2 N–H and O–H groups in total. The molecule has 2 heterocycles. The Morgan fingerprint density at radius 3 is 2.85 bits per heavy atom. The van der Waals surface area contributed by atoms with Gasteiger partial charge in [-0.15, -0.1) is 0 Å². The Morgan fingerprint density at radius 2 is 2.23 bits per heavy atom. The van der Waals surface area contributed by atoms with E-state index in [1.807, 2.05) is 0 Å². The molecule has 0 aliphatic carbocycles. The van der Waals surface area contributed by atoms with Crippen molar-refractivity contribution in [1.82, 2.24) is 10.1 Å². The standard InChI is InChI=1S/C8H6FN3O/c9-5-1-2-11-6(3-5)7-4-8(10)12-13-7/h1-4H,(H2,10,12). The zero-order valence-corrected chi connectivity index (χ0v) is 6.57. The third-order valence-corrected chi connectivity index (χ3v) is 1.50. The minimum Gasteiger partial charge on any atom is -0.381 e. The van der Waals surface area contributed by atoms with E-state index in [-0.39, 0.29) is 11.6 Å². The molecule has 2 rings (SSSR count). The van der Waals surface area contributed by atoms with E-state index in [0.717, 1.165) is 0 Å². The molecule has 0 bridgehead atoms. The van der Waals surface area contributed by atoms with Gasteiger partial charge in [0.1, 0.15) is 11.5 Å². The van der Waals surface area contributed by atoms with Crippen molar-refractivity contribution in [3.8, 4) is 11.5 Å². The molecular weight excluding hydrogens is 173 g/mol. The maximum atomic E-state index is 12.7. The van der Waals surface area contributed by atoms with Crippen LogP contribution in [0.3, 0.4) is 0 Å². The average molecular weight is 179 g/mol. The van der Waals surface area contributed by atoms with E-state index >= 15 is 0 Å². The third kappa shape index (κ3) is 1.48. The summed E-state index contributed by atoms with van der Waals surface area (Å²) in [5.74, 6) is 0.234. The summed E-state index contributed by atoms with van der Waals surface area (Å²) in [6, 6.07) is 3.99. The van der Waals surface area contributed by atoms with Crippen LogP contribution in [0.2, 0.25) is 0 Å². The fourth-order valence-electron chi connectivity index (χ4n) is 0.949. The van der Waals surface area contributed by atoms with Crippen molar-refractivity contribution in [2.75, 3.05) is 5.73 Å². The lowest BCUT2D eigenvalue weighted by Gasteiger charge is -1.92. The van der Waals surface area contributed by atoms with Crippen LogP contribution in [-0.2, 0) is 0 Å². The summed E-state index contributed by atoms with van der Waals surface area (Å²) in [5, 5.41) is 3.46. The number of halogens is 1.